The van der Waals surface area contributed by atoms with Gasteiger partial charge in [0.15, 0.2) is 0 Å². The predicted molar refractivity (Wildman–Crippen MR) is 62.2 cm³/mol. The van der Waals surface area contributed by atoms with Crippen LogP contribution >= 0.6 is 11.6 Å². The Morgan fingerprint density at radius 3 is 2.40 bits per heavy atom. The largest absolute Gasteiger partial charge is 0.327 e. The lowest BCUT2D eigenvalue weighted by atomic mass is 10.1. The minimum atomic E-state index is -0.257. The van der Waals surface area contributed by atoms with Gasteiger partial charge in [0.25, 0.3) is 5.56 Å². The zero-order chi connectivity index (χ0) is 10.8. The molecule has 1 aromatic heterocycles. The number of aromatic amines is 1. The maximum absolute atomic E-state index is 11.1. The smallest absolute Gasteiger partial charge is 0.266 e. The predicted octanol–water partition coefficient (Wildman–Crippen LogP) is 3.00. The first-order chi connectivity index (χ1) is 7.16. The van der Waals surface area contributed by atoms with Crippen molar-refractivity contribution < 1.29 is 0 Å². The van der Waals surface area contributed by atoms with E-state index in [1.54, 1.807) is 12.3 Å². The fourth-order valence-electron chi connectivity index (χ4n) is 1.37. The van der Waals surface area contributed by atoms with Gasteiger partial charge in [-0.05, 0) is 24.1 Å². The molecule has 0 radical (unpaired) electrons. The van der Waals surface area contributed by atoms with Crippen LogP contribution in [0.4, 0.5) is 0 Å². The van der Waals surface area contributed by atoms with E-state index in [0.717, 1.165) is 11.1 Å². The quantitative estimate of drug-likeness (QED) is 0.786. The minimum Gasteiger partial charge on any atom is -0.327 e. The van der Waals surface area contributed by atoms with Gasteiger partial charge < -0.3 is 4.98 Å². The topological polar surface area (TPSA) is 32.9 Å². The summed E-state index contributed by atoms with van der Waals surface area (Å²) in [6, 6.07) is 9.71. The number of rotatable bonds is 1. The molecule has 0 unspecified atom stereocenters. The molecular weight excluding hydrogens is 210 g/mol. The van der Waals surface area contributed by atoms with Crippen LogP contribution in [0, 0.1) is 6.92 Å². The van der Waals surface area contributed by atoms with Gasteiger partial charge in [0, 0.05) is 6.20 Å². The molecule has 0 amide bonds. The molecule has 0 saturated heterocycles. The van der Waals surface area contributed by atoms with Gasteiger partial charge in [-0.2, -0.15) is 0 Å². The molecule has 3 heteroatoms. The van der Waals surface area contributed by atoms with Gasteiger partial charge >= 0.3 is 0 Å². The molecule has 15 heavy (non-hydrogen) atoms. The summed E-state index contributed by atoms with van der Waals surface area (Å²) in [6.45, 7) is 2.03. The van der Waals surface area contributed by atoms with Crippen LogP contribution in [-0.2, 0) is 0 Å². The number of hydrogen-bond acceptors (Lipinski definition) is 1. The Morgan fingerprint density at radius 1 is 1.13 bits per heavy atom. The van der Waals surface area contributed by atoms with E-state index in [-0.39, 0.29) is 10.6 Å². The maximum Gasteiger partial charge on any atom is 0.266 e. The Hall–Kier alpha value is -1.54. The van der Waals surface area contributed by atoms with Crippen LogP contribution in [0.3, 0.4) is 0 Å². The van der Waals surface area contributed by atoms with Gasteiger partial charge in [0.2, 0.25) is 0 Å². The Bertz CT molecular complexity index is 528. The average molecular weight is 220 g/mol. The standard InChI is InChI=1S/C12H10ClNO/c1-8-2-4-9(5-3-8)10-6-11(13)12(15)14-7-10/h2-7H,1H3,(H,14,15). The van der Waals surface area contributed by atoms with Crippen LogP contribution in [0.2, 0.25) is 5.02 Å². The third kappa shape index (κ3) is 2.10. The number of H-pyrrole nitrogens is 1. The zero-order valence-corrected chi connectivity index (χ0v) is 9.01. The molecule has 2 rings (SSSR count). The van der Waals surface area contributed by atoms with Crippen LogP contribution in [0.25, 0.3) is 11.1 Å². The van der Waals surface area contributed by atoms with Gasteiger partial charge in [-0.15, -0.1) is 0 Å². The molecule has 0 spiro atoms. The molecule has 2 nitrogen and oxygen atoms in total. The number of aryl methyl sites for hydroxylation is 1. The van der Waals surface area contributed by atoms with E-state index in [4.69, 9.17) is 11.6 Å². The van der Waals surface area contributed by atoms with E-state index in [9.17, 15) is 4.79 Å². The molecule has 2 aromatic rings. The summed E-state index contributed by atoms with van der Waals surface area (Å²) in [5.41, 5.74) is 2.90. The molecule has 0 aliphatic heterocycles. The summed E-state index contributed by atoms with van der Waals surface area (Å²) in [7, 11) is 0. The maximum atomic E-state index is 11.1. The molecule has 0 atom stereocenters. The van der Waals surface area contributed by atoms with Crippen molar-refractivity contribution in [2.24, 2.45) is 0 Å². The van der Waals surface area contributed by atoms with Gasteiger partial charge in [-0.1, -0.05) is 41.4 Å². The summed E-state index contributed by atoms with van der Waals surface area (Å²) >= 11 is 5.75. The first kappa shape index (κ1) is 9.99. The monoisotopic (exact) mass is 219 g/mol. The van der Waals surface area contributed by atoms with Crippen LogP contribution in [0.15, 0.2) is 41.3 Å². The van der Waals surface area contributed by atoms with Crippen molar-refractivity contribution in [2.75, 3.05) is 0 Å². The van der Waals surface area contributed by atoms with Gasteiger partial charge in [-0.3, -0.25) is 4.79 Å². The van der Waals surface area contributed by atoms with E-state index in [1.165, 1.54) is 5.56 Å². The summed E-state index contributed by atoms with van der Waals surface area (Å²) in [5, 5.41) is 0.216. The van der Waals surface area contributed by atoms with Crippen LogP contribution < -0.4 is 5.56 Å². The molecular formula is C12H10ClNO. The second kappa shape index (κ2) is 3.91. The van der Waals surface area contributed by atoms with Crippen molar-refractivity contribution in [2.45, 2.75) is 6.92 Å². The van der Waals surface area contributed by atoms with Crippen molar-refractivity contribution in [1.82, 2.24) is 4.98 Å². The summed E-state index contributed by atoms with van der Waals surface area (Å²) in [4.78, 5) is 13.7. The molecule has 76 valence electrons. The van der Waals surface area contributed by atoms with E-state index >= 15 is 0 Å². The highest BCUT2D eigenvalue weighted by molar-refractivity contribution is 6.30. The Balaban J connectivity index is 2.50. The number of nitrogens with one attached hydrogen (secondary N) is 1. The molecule has 0 saturated carbocycles. The summed E-state index contributed by atoms with van der Waals surface area (Å²) in [5.74, 6) is 0. The third-order valence-electron chi connectivity index (χ3n) is 2.24. The molecule has 1 N–H and O–H groups in total. The Labute approximate surface area is 92.5 Å². The molecule has 0 aliphatic rings. The minimum absolute atomic E-state index is 0.216. The second-order valence-corrected chi connectivity index (χ2v) is 3.84. The van der Waals surface area contributed by atoms with Crippen molar-refractivity contribution >= 4 is 11.6 Å². The van der Waals surface area contributed by atoms with Crippen molar-refractivity contribution in [3.63, 3.8) is 0 Å². The number of hydrogen-bond donors (Lipinski definition) is 1. The normalized spacial score (nSPS) is 10.3. The Kier molecular flexibility index (Phi) is 2.60. The summed E-state index contributed by atoms with van der Waals surface area (Å²) < 4.78 is 0. The molecule has 1 heterocycles. The Morgan fingerprint density at radius 2 is 1.80 bits per heavy atom. The van der Waals surface area contributed by atoms with Crippen molar-refractivity contribution in [3.05, 3.63) is 57.5 Å². The molecule has 0 fully saturated rings. The number of aromatic nitrogens is 1. The third-order valence-corrected chi connectivity index (χ3v) is 2.52. The first-order valence-electron chi connectivity index (χ1n) is 4.62. The van der Waals surface area contributed by atoms with Crippen LogP contribution in [0.1, 0.15) is 5.56 Å². The van der Waals surface area contributed by atoms with E-state index in [0.29, 0.717) is 0 Å². The van der Waals surface area contributed by atoms with Crippen LogP contribution in [-0.4, -0.2) is 4.98 Å². The van der Waals surface area contributed by atoms with E-state index < -0.39 is 0 Å². The zero-order valence-electron chi connectivity index (χ0n) is 8.25. The van der Waals surface area contributed by atoms with E-state index in [2.05, 4.69) is 4.98 Å². The SMILES string of the molecule is Cc1ccc(-c2c[nH]c(=O)c(Cl)c2)cc1. The second-order valence-electron chi connectivity index (χ2n) is 3.43. The van der Waals surface area contributed by atoms with Gasteiger partial charge in [-0.25, -0.2) is 0 Å². The molecule has 0 bridgehead atoms. The van der Waals surface area contributed by atoms with Crippen LogP contribution in [0.5, 0.6) is 0 Å². The fourth-order valence-corrected chi connectivity index (χ4v) is 1.54. The highest BCUT2D eigenvalue weighted by Gasteiger charge is 2.00. The summed E-state index contributed by atoms with van der Waals surface area (Å²) in [6.07, 6.45) is 1.67. The lowest BCUT2D eigenvalue weighted by Crippen LogP contribution is -2.04. The van der Waals surface area contributed by atoms with Gasteiger partial charge in [0.05, 0.1) is 0 Å². The van der Waals surface area contributed by atoms with Crippen molar-refractivity contribution in [1.29, 1.82) is 0 Å². The van der Waals surface area contributed by atoms with E-state index in [1.807, 2.05) is 31.2 Å². The number of pyridine rings is 1. The fraction of sp³-hybridized carbons (Fsp3) is 0.0833. The highest BCUT2D eigenvalue weighted by Crippen LogP contribution is 2.19. The lowest BCUT2D eigenvalue weighted by Gasteiger charge is -2.01. The lowest BCUT2D eigenvalue weighted by molar-refractivity contribution is 1.24. The average Bonchev–Trinajstić information content (AvgIpc) is 2.23. The first-order valence-corrected chi connectivity index (χ1v) is 5.00. The number of benzene rings is 1. The number of halogens is 1. The molecule has 0 aliphatic carbocycles. The van der Waals surface area contributed by atoms with Gasteiger partial charge in [0.1, 0.15) is 5.02 Å². The molecule has 1 aromatic carbocycles. The highest BCUT2D eigenvalue weighted by atomic mass is 35.5. The van der Waals surface area contributed by atoms with Crippen molar-refractivity contribution in [3.8, 4) is 11.1 Å².